The lowest BCUT2D eigenvalue weighted by molar-refractivity contribution is 0.102. The van der Waals surface area contributed by atoms with Gasteiger partial charge in [0.15, 0.2) is 17.3 Å². The summed E-state index contributed by atoms with van der Waals surface area (Å²) < 4.78 is 10.7. The van der Waals surface area contributed by atoms with Crippen molar-refractivity contribution in [1.29, 1.82) is 0 Å². The molecule has 0 fully saturated rings. The molecule has 0 bridgehead atoms. The van der Waals surface area contributed by atoms with Gasteiger partial charge in [-0.15, -0.1) is 0 Å². The second-order valence-corrected chi connectivity index (χ2v) is 7.23. The molecule has 166 valence electrons. The van der Waals surface area contributed by atoms with Gasteiger partial charge in [-0.1, -0.05) is 0 Å². The molecule has 11 nitrogen and oxygen atoms in total. The maximum absolute atomic E-state index is 13.0. The number of nitrogens with one attached hydrogen (secondary N) is 4. The number of methoxy groups -OCH3 is 2. The number of benzene rings is 1. The van der Waals surface area contributed by atoms with Gasteiger partial charge in [-0.25, -0.2) is 4.98 Å². The Bertz CT molecular complexity index is 1410. The first-order valence-corrected chi connectivity index (χ1v) is 10.00. The number of fused-ring (bicyclic) bond motifs is 1. The molecule has 5 aromatic rings. The van der Waals surface area contributed by atoms with Crippen LogP contribution >= 0.6 is 0 Å². The minimum absolute atomic E-state index is 0.291. The second-order valence-electron chi connectivity index (χ2n) is 7.23. The van der Waals surface area contributed by atoms with Crippen LogP contribution in [0.3, 0.4) is 0 Å². The molecule has 0 aliphatic heterocycles. The van der Waals surface area contributed by atoms with E-state index in [1.165, 1.54) is 6.20 Å². The Kier molecular flexibility index (Phi) is 4.98. The van der Waals surface area contributed by atoms with Crippen molar-refractivity contribution < 1.29 is 14.3 Å². The Morgan fingerprint density at radius 3 is 2.61 bits per heavy atom. The average molecular weight is 444 g/mol. The van der Waals surface area contributed by atoms with Crippen LogP contribution in [0.1, 0.15) is 16.1 Å². The summed E-state index contributed by atoms with van der Waals surface area (Å²) >= 11 is 0. The van der Waals surface area contributed by atoms with Crippen LogP contribution in [-0.4, -0.2) is 55.2 Å². The lowest BCUT2D eigenvalue weighted by Gasteiger charge is -2.06. The highest BCUT2D eigenvalue weighted by molar-refractivity contribution is 6.07. The Morgan fingerprint density at radius 2 is 1.85 bits per heavy atom. The van der Waals surface area contributed by atoms with E-state index in [2.05, 4.69) is 40.4 Å². The highest BCUT2D eigenvalue weighted by Gasteiger charge is 2.19. The Labute approximate surface area is 187 Å². The lowest BCUT2D eigenvalue weighted by Crippen LogP contribution is -2.12. The molecule has 4 heterocycles. The first-order chi connectivity index (χ1) is 16.1. The molecule has 0 saturated carbocycles. The fourth-order valence-electron chi connectivity index (χ4n) is 3.58. The van der Waals surface area contributed by atoms with Crippen molar-refractivity contribution in [3.8, 4) is 34.4 Å². The van der Waals surface area contributed by atoms with Crippen LogP contribution in [0, 0.1) is 6.92 Å². The summed E-state index contributed by atoms with van der Waals surface area (Å²) in [6.07, 6.45) is 6.36. The molecule has 1 aromatic carbocycles. The number of ether oxygens (including phenoxy) is 2. The Balaban J connectivity index is 1.44. The van der Waals surface area contributed by atoms with E-state index in [1.54, 1.807) is 51.0 Å². The summed E-state index contributed by atoms with van der Waals surface area (Å²) in [5.41, 5.74) is 5.02. The van der Waals surface area contributed by atoms with Gasteiger partial charge in [0.2, 0.25) is 0 Å². The highest BCUT2D eigenvalue weighted by atomic mass is 16.5. The molecule has 4 aromatic heterocycles. The van der Waals surface area contributed by atoms with Crippen molar-refractivity contribution in [2.24, 2.45) is 0 Å². The molecular formula is C22H20N8O3. The van der Waals surface area contributed by atoms with Crippen molar-refractivity contribution in [3.05, 3.63) is 54.2 Å². The van der Waals surface area contributed by atoms with E-state index in [-0.39, 0.29) is 5.91 Å². The maximum atomic E-state index is 13.0. The number of hydrogen-bond donors (Lipinski definition) is 4. The number of nitrogens with zero attached hydrogens (tertiary/aromatic N) is 4. The van der Waals surface area contributed by atoms with Crippen LogP contribution in [-0.2, 0) is 0 Å². The third kappa shape index (κ3) is 3.65. The van der Waals surface area contributed by atoms with Gasteiger partial charge in [0.05, 0.1) is 54.6 Å². The summed E-state index contributed by atoms with van der Waals surface area (Å²) in [6.45, 7) is 1.82. The number of carbonyl (C=O) groups is 1. The van der Waals surface area contributed by atoms with Crippen molar-refractivity contribution in [2.75, 3.05) is 19.5 Å². The second kappa shape index (κ2) is 8.11. The summed E-state index contributed by atoms with van der Waals surface area (Å²) in [4.78, 5) is 32.4. The molecule has 0 atom stereocenters. The van der Waals surface area contributed by atoms with E-state index in [0.717, 1.165) is 5.52 Å². The zero-order chi connectivity index (χ0) is 22.9. The number of aryl methyl sites for hydroxylation is 1. The summed E-state index contributed by atoms with van der Waals surface area (Å²) in [6, 6.07) is 5.32. The summed E-state index contributed by atoms with van der Waals surface area (Å²) in [5, 5.41) is 9.88. The molecule has 0 aliphatic carbocycles. The van der Waals surface area contributed by atoms with Crippen LogP contribution in [0.5, 0.6) is 11.5 Å². The van der Waals surface area contributed by atoms with Gasteiger partial charge in [0.1, 0.15) is 11.4 Å². The maximum Gasteiger partial charge on any atom is 0.257 e. The smallest absolute Gasteiger partial charge is 0.257 e. The summed E-state index contributed by atoms with van der Waals surface area (Å²) in [7, 11) is 3.14. The standard InChI is InChI=1S/C22H20N8O3/c1-11-12(6-13(26-11)16-9-23-4-5-24-16)22(31)29-17-10-25-30-20(17)21-27-14-7-18(32-2)19(33-3)8-15(14)28-21/h4-10,26H,1-3H3,(H,25,30)(H,27,28)(H,29,31). The normalized spacial score (nSPS) is 11.0. The molecule has 0 spiro atoms. The van der Waals surface area contributed by atoms with Crippen molar-refractivity contribution in [2.45, 2.75) is 6.92 Å². The predicted octanol–water partition coefficient (Wildman–Crippen LogP) is 3.32. The Morgan fingerprint density at radius 1 is 1.03 bits per heavy atom. The first-order valence-electron chi connectivity index (χ1n) is 10.00. The minimum Gasteiger partial charge on any atom is -0.493 e. The van der Waals surface area contributed by atoms with E-state index in [1.807, 2.05) is 6.92 Å². The van der Waals surface area contributed by atoms with Crippen LogP contribution in [0.25, 0.3) is 33.9 Å². The number of aromatic amines is 3. The van der Waals surface area contributed by atoms with Crippen LogP contribution < -0.4 is 14.8 Å². The van der Waals surface area contributed by atoms with Crippen LogP contribution in [0.2, 0.25) is 0 Å². The third-order valence-electron chi connectivity index (χ3n) is 5.21. The SMILES string of the molecule is COc1cc2nc(-c3[nH]ncc3NC(=O)c3cc(-c4cnccn4)[nH]c3C)[nH]c2cc1OC. The number of H-pyrrole nitrogens is 3. The van der Waals surface area contributed by atoms with Crippen molar-refractivity contribution in [1.82, 2.24) is 35.1 Å². The molecule has 33 heavy (non-hydrogen) atoms. The number of amides is 1. The van der Waals surface area contributed by atoms with Crippen molar-refractivity contribution in [3.63, 3.8) is 0 Å². The number of anilines is 1. The first kappa shape index (κ1) is 20.2. The van der Waals surface area contributed by atoms with E-state index >= 15 is 0 Å². The Hall–Kier alpha value is -4.67. The van der Waals surface area contributed by atoms with Gasteiger partial charge >= 0.3 is 0 Å². The van der Waals surface area contributed by atoms with Gasteiger partial charge in [-0.2, -0.15) is 5.10 Å². The summed E-state index contributed by atoms with van der Waals surface area (Å²) in [5.74, 6) is 1.38. The quantitative estimate of drug-likeness (QED) is 0.314. The van der Waals surface area contributed by atoms with Crippen LogP contribution in [0.4, 0.5) is 5.69 Å². The third-order valence-corrected chi connectivity index (χ3v) is 5.21. The zero-order valence-electron chi connectivity index (χ0n) is 18.1. The van der Waals surface area contributed by atoms with E-state index < -0.39 is 0 Å². The van der Waals surface area contributed by atoms with Gasteiger partial charge in [0.25, 0.3) is 5.91 Å². The largest absolute Gasteiger partial charge is 0.493 e. The molecule has 0 radical (unpaired) electrons. The van der Waals surface area contributed by atoms with E-state index in [0.29, 0.717) is 56.9 Å². The fraction of sp³-hybridized carbons (Fsp3) is 0.136. The zero-order valence-corrected chi connectivity index (χ0v) is 18.1. The topological polar surface area (TPSA) is 146 Å². The molecular weight excluding hydrogens is 424 g/mol. The minimum atomic E-state index is -0.291. The average Bonchev–Trinajstić information content (AvgIpc) is 3.56. The van der Waals surface area contributed by atoms with Gasteiger partial charge in [0, 0.05) is 30.2 Å². The van der Waals surface area contributed by atoms with E-state index in [9.17, 15) is 4.79 Å². The lowest BCUT2D eigenvalue weighted by atomic mass is 10.2. The highest BCUT2D eigenvalue weighted by Crippen LogP contribution is 2.33. The number of hydrogen-bond acceptors (Lipinski definition) is 7. The fourth-order valence-corrected chi connectivity index (χ4v) is 3.58. The molecule has 0 unspecified atom stereocenters. The number of imidazole rings is 1. The molecule has 4 N–H and O–H groups in total. The number of aromatic nitrogens is 7. The monoisotopic (exact) mass is 444 g/mol. The van der Waals surface area contributed by atoms with Gasteiger partial charge in [-0.3, -0.25) is 19.9 Å². The molecule has 0 saturated heterocycles. The molecule has 1 amide bonds. The van der Waals surface area contributed by atoms with Crippen molar-refractivity contribution >= 4 is 22.6 Å². The predicted molar refractivity (Wildman–Crippen MR) is 121 cm³/mol. The van der Waals surface area contributed by atoms with Gasteiger partial charge in [-0.05, 0) is 13.0 Å². The number of carbonyl (C=O) groups excluding carboxylic acids is 1. The number of rotatable bonds is 6. The van der Waals surface area contributed by atoms with E-state index in [4.69, 9.17) is 9.47 Å². The molecule has 0 aliphatic rings. The molecule has 11 heteroatoms. The molecule has 5 rings (SSSR count). The van der Waals surface area contributed by atoms with Crippen LogP contribution in [0.15, 0.2) is 43.0 Å². The van der Waals surface area contributed by atoms with Gasteiger partial charge < -0.3 is 24.8 Å².